The molecule has 1 heterocycles. The minimum atomic E-state index is 0.00153. The first kappa shape index (κ1) is 23.2. The van der Waals surface area contributed by atoms with Crippen LogP contribution in [-0.2, 0) is 4.79 Å². The van der Waals surface area contributed by atoms with Gasteiger partial charge in [0.15, 0.2) is 0 Å². The van der Waals surface area contributed by atoms with E-state index in [4.69, 9.17) is 11.6 Å². The predicted molar refractivity (Wildman–Crippen MR) is 127 cm³/mol. The number of hydrazine groups is 1. The van der Waals surface area contributed by atoms with Gasteiger partial charge in [-0.15, -0.1) is 0 Å². The molecule has 2 aliphatic rings. The third kappa shape index (κ3) is 6.52. The summed E-state index contributed by atoms with van der Waals surface area (Å²) in [7, 11) is 0. The number of benzene rings is 1. The maximum absolute atomic E-state index is 12.6. The number of anilines is 1. The van der Waals surface area contributed by atoms with Crippen LogP contribution >= 0.6 is 11.6 Å². The van der Waals surface area contributed by atoms with Crippen molar-refractivity contribution in [2.45, 2.75) is 33.1 Å². The molecule has 0 bridgehead atoms. The van der Waals surface area contributed by atoms with Gasteiger partial charge in [-0.3, -0.25) is 10.2 Å². The van der Waals surface area contributed by atoms with Crippen LogP contribution in [0, 0.1) is 6.92 Å². The number of amides is 1. The summed E-state index contributed by atoms with van der Waals surface area (Å²) in [4.78, 5) is 17.0. The summed E-state index contributed by atoms with van der Waals surface area (Å²) < 4.78 is 0. The molecule has 1 amide bonds. The first-order chi connectivity index (χ1) is 15.0. The lowest BCUT2D eigenvalue weighted by atomic mass is 10.1. The van der Waals surface area contributed by atoms with Crippen LogP contribution in [0.15, 0.2) is 54.0 Å². The fourth-order valence-corrected chi connectivity index (χ4v) is 4.17. The first-order valence-corrected chi connectivity index (χ1v) is 11.4. The highest BCUT2D eigenvalue weighted by atomic mass is 35.5. The fraction of sp³-hybridized carbons (Fsp3) is 0.458. The molecule has 168 valence electrons. The number of nitrogens with zero attached hydrogens (tertiary/aromatic N) is 3. The number of allylic oxidation sites excluding steroid dienone is 4. The molecule has 1 saturated heterocycles. The number of hydrogen-bond donors (Lipinski definition) is 2. The molecule has 0 unspecified atom stereocenters. The van der Waals surface area contributed by atoms with Gasteiger partial charge < -0.3 is 14.9 Å². The summed E-state index contributed by atoms with van der Waals surface area (Å²) in [5.74, 6) is 0.345. The number of aryl methyl sites for hydroxylation is 1. The van der Waals surface area contributed by atoms with Crippen molar-refractivity contribution in [2.24, 2.45) is 0 Å². The van der Waals surface area contributed by atoms with Crippen LogP contribution < -0.4 is 10.3 Å². The molecule has 1 aliphatic heterocycles. The third-order valence-electron chi connectivity index (χ3n) is 5.73. The molecule has 2 N–H and O–H groups in total. The lowest BCUT2D eigenvalue weighted by molar-refractivity contribution is -0.126. The Hall–Kier alpha value is -2.44. The molecule has 3 rings (SSSR count). The Morgan fingerprint density at radius 3 is 2.87 bits per heavy atom. The smallest absolute Gasteiger partial charge is 0.236 e. The summed E-state index contributed by atoms with van der Waals surface area (Å²) >= 11 is 6.20. The number of hydrogen-bond acceptors (Lipinski definition) is 5. The molecule has 6 nitrogen and oxygen atoms in total. The molecule has 0 saturated carbocycles. The molecular weight excluding hydrogens is 412 g/mol. The predicted octanol–water partition coefficient (Wildman–Crippen LogP) is 4.19. The van der Waals surface area contributed by atoms with Crippen LogP contribution in [0.5, 0.6) is 0 Å². The van der Waals surface area contributed by atoms with Crippen LogP contribution in [0.4, 0.5) is 5.69 Å². The number of nitrogens with one attached hydrogen (secondary N) is 1. The maximum Gasteiger partial charge on any atom is 0.236 e. The van der Waals surface area contributed by atoms with Crippen molar-refractivity contribution in [1.82, 2.24) is 15.3 Å². The molecule has 0 atom stereocenters. The van der Waals surface area contributed by atoms with E-state index in [1.165, 1.54) is 11.3 Å². The normalized spacial score (nSPS) is 17.5. The standard InChI is InChI=1S/C24H33ClN4O2/c1-3-27(21-8-5-4-6-9-23(21)30)15-12-24(31)26-29-14-7-13-28(16-17-29)22-18-20(25)11-10-19(22)2/h4-6,8,10-11,18,30H,3,7,9,12-17H2,1-2H3,(H,26,31). The molecular formula is C24H33ClN4O2. The Morgan fingerprint density at radius 2 is 2.06 bits per heavy atom. The summed E-state index contributed by atoms with van der Waals surface area (Å²) in [5.41, 5.74) is 6.24. The van der Waals surface area contributed by atoms with Gasteiger partial charge in [-0.25, -0.2) is 5.01 Å². The number of halogens is 1. The largest absolute Gasteiger partial charge is 0.510 e. The maximum atomic E-state index is 12.6. The van der Waals surface area contributed by atoms with E-state index in [-0.39, 0.29) is 5.91 Å². The molecule has 1 fully saturated rings. The molecule has 7 heteroatoms. The SMILES string of the molecule is CCN(CCC(=O)NN1CCCN(c2cc(Cl)ccc2C)CC1)C1=C(O)CC=CC=C1. The van der Waals surface area contributed by atoms with Crippen LogP contribution in [0.2, 0.25) is 5.02 Å². The van der Waals surface area contributed by atoms with E-state index in [2.05, 4.69) is 17.2 Å². The van der Waals surface area contributed by atoms with Gasteiger partial charge in [0.1, 0.15) is 5.76 Å². The highest BCUT2D eigenvalue weighted by molar-refractivity contribution is 6.30. The van der Waals surface area contributed by atoms with E-state index >= 15 is 0 Å². The number of aliphatic hydroxyl groups is 1. The number of likely N-dealkylation sites (N-methyl/N-ethyl adjacent to an activating group) is 1. The van der Waals surface area contributed by atoms with E-state index < -0.39 is 0 Å². The average molecular weight is 445 g/mol. The Labute approximate surface area is 190 Å². The van der Waals surface area contributed by atoms with E-state index in [0.29, 0.717) is 25.1 Å². The Balaban J connectivity index is 1.51. The molecule has 1 aliphatic carbocycles. The van der Waals surface area contributed by atoms with Crippen molar-refractivity contribution in [3.63, 3.8) is 0 Å². The number of aliphatic hydroxyl groups excluding tert-OH is 1. The molecule has 1 aromatic rings. The lowest BCUT2D eigenvalue weighted by Gasteiger charge is -2.27. The summed E-state index contributed by atoms with van der Waals surface area (Å²) in [6.45, 7) is 8.78. The van der Waals surface area contributed by atoms with Crippen LogP contribution in [0.25, 0.3) is 0 Å². The van der Waals surface area contributed by atoms with Crippen molar-refractivity contribution >= 4 is 23.2 Å². The Bertz CT molecular complexity index is 865. The minimum Gasteiger partial charge on any atom is -0.510 e. The van der Waals surface area contributed by atoms with Crippen LogP contribution in [0.3, 0.4) is 0 Å². The van der Waals surface area contributed by atoms with Crippen molar-refractivity contribution < 1.29 is 9.90 Å². The van der Waals surface area contributed by atoms with E-state index in [9.17, 15) is 9.90 Å². The Morgan fingerprint density at radius 1 is 1.23 bits per heavy atom. The molecule has 1 aromatic carbocycles. The van der Waals surface area contributed by atoms with Gasteiger partial charge in [0.2, 0.25) is 5.91 Å². The quantitative estimate of drug-likeness (QED) is 0.660. The lowest BCUT2D eigenvalue weighted by Crippen LogP contribution is -2.45. The summed E-state index contributed by atoms with van der Waals surface area (Å²) in [6, 6.07) is 5.99. The zero-order chi connectivity index (χ0) is 22.2. The van der Waals surface area contributed by atoms with Crippen molar-refractivity contribution in [1.29, 1.82) is 0 Å². The molecule has 0 radical (unpaired) electrons. The number of rotatable bonds is 7. The second kappa shape index (κ2) is 11.3. The van der Waals surface area contributed by atoms with Crippen molar-refractivity contribution in [3.05, 3.63) is 64.5 Å². The summed E-state index contributed by atoms with van der Waals surface area (Å²) in [5, 5.41) is 13.0. The number of carbonyl (C=O) groups is 1. The second-order valence-corrected chi connectivity index (χ2v) is 8.38. The van der Waals surface area contributed by atoms with Gasteiger partial charge in [0.25, 0.3) is 0 Å². The first-order valence-electron chi connectivity index (χ1n) is 11.0. The highest BCUT2D eigenvalue weighted by Crippen LogP contribution is 2.25. The van der Waals surface area contributed by atoms with Gasteiger partial charge in [-0.05, 0) is 44.0 Å². The zero-order valence-electron chi connectivity index (χ0n) is 18.5. The monoisotopic (exact) mass is 444 g/mol. The molecule has 0 spiro atoms. The van der Waals surface area contributed by atoms with Gasteiger partial charge in [0.05, 0.1) is 5.70 Å². The van der Waals surface area contributed by atoms with Crippen LogP contribution in [0.1, 0.15) is 31.7 Å². The minimum absolute atomic E-state index is 0.00153. The van der Waals surface area contributed by atoms with Crippen LogP contribution in [-0.4, -0.2) is 60.2 Å². The van der Waals surface area contributed by atoms with Gasteiger partial charge in [-0.2, -0.15) is 0 Å². The third-order valence-corrected chi connectivity index (χ3v) is 5.97. The molecule has 31 heavy (non-hydrogen) atoms. The Kier molecular flexibility index (Phi) is 8.43. The van der Waals surface area contributed by atoms with Crippen molar-refractivity contribution in [3.8, 4) is 0 Å². The van der Waals surface area contributed by atoms with E-state index in [1.54, 1.807) is 0 Å². The zero-order valence-corrected chi connectivity index (χ0v) is 19.2. The number of carbonyl (C=O) groups excluding carboxylic acids is 1. The van der Waals surface area contributed by atoms with Crippen molar-refractivity contribution in [2.75, 3.05) is 44.2 Å². The fourth-order valence-electron chi connectivity index (χ4n) is 4.00. The highest BCUT2D eigenvalue weighted by Gasteiger charge is 2.19. The molecule has 0 aromatic heterocycles. The van der Waals surface area contributed by atoms with Gasteiger partial charge >= 0.3 is 0 Å². The van der Waals surface area contributed by atoms with Gasteiger partial charge in [0, 0.05) is 62.8 Å². The van der Waals surface area contributed by atoms with Gasteiger partial charge in [-0.1, -0.05) is 35.9 Å². The summed E-state index contributed by atoms with van der Waals surface area (Å²) in [6.07, 6.45) is 9.53. The average Bonchev–Trinajstić information content (AvgIpc) is 3.11. The van der Waals surface area contributed by atoms with E-state index in [0.717, 1.165) is 49.9 Å². The van der Waals surface area contributed by atoms with E-state index in [1.807, 2.05) is 59.3 Å². The topological polar surface area (TPSA) is 59.1 Å². The second-order valence-electron chi connectivity index (χ2n) is 7.95.